The molecule has 1 unspecified atom stereocenters. The SMILES string of the molecule is N#CC(C(N)=O)c1ccc([N+](=O)[O-])c2nonc12.[Na+]. The quantitative estimate of drug-likeness (QED) is 0.360. The van der Waals surface area contributed by atoms with Crippen molar-refractivity contribution in [3.05, 3.63) is 27.8 Å². The summed E-state index contributed by atoms with van der Waals surface area (Å²) >= 11 is 0. The van der Waals surface area contributed by atoms with E-state index in [1.54, 1.807) is 6.07 Å². The van der Waals surface area contributed by atoms with Crippen molar-refractivity contribution in [2.75, 3.05) is 0 Å². The summed E-state index contributed by atoms with van der Waals surface area (Å²) in [7, 11) is 0. The number of primary amides is 1. The predicted octanol–water partition coefficient (Wildman–Crippen LogP) is -2.77. The second kappa shape index (κ2) is 5.75. The number of hydrogen-bond donors (Lipinski definition) is 1. The Bertz CT molecular complexity index is 691. The third-order valence-electron chi connectivity index (χ3n) is 2.35. The Hall–Kier alpha value is -2.02. The van der Waals surface area contributed by atoms with Crippen molar-refractivity contribution >= 4 is 22.6 Å². The zero-order valence-electron chi connectivity index (χ0n) is 9.73. The van der Waals surface area contributed by atoms with Crippen LogP contribution in [0.25, 0.3) is 11.0 Å². The van der Waals surface area contributed by atoms with Gasteiger partial charge in [-0.15, -0.1) is 0 Å². The molecule has 0 saturated heterocycles. The summed E-state index contributed by atoms with van der Waals surface area (Å²) in [4.78, 5) is 21.2. The standard InChI is InChI=1S/C9H5N5O4.Na/c10-3-5(9(11)15)4-1-2-6(14(16)17)8-7(4)12-18-13-8;/h1-2,5H,(H2,11,15);/q;+1. The van der Waals surface area contributed by atoms with Crippen LogP contribution in [0, 0.1) is 21.4 Å². The first kappa shape index (κ1) is 15.0. The van der Waals surface area contributed by atoms with Crippen molar-refractivity contribution in [1.82, 2.24) is 10.3 Å². The minimum absolute atomic E-state index is 0. The van der Waals surface area contributed by atoms with E-state index in [2.05, 4.69) is 14.9 Å². The number of nitrogens with two attached hydrogens (primary N) is 1. The van der Waals surface area contributed by atoms with Gasteiger partial charge in [-0.05, 0) is 16.4 Å². The molecule has 2 N–H and O–H groups in total. The molecule has 90 valence electrons. The van der Waals surface area contributed by atoms with Gasteiger partial charge in [0, 0.05) is 11.6 Å². The average Bonchev–Trinajstić information content (AvgIpc) is 2.78. The van der Waals surface area contributed by atoms with E-state index in [4.69, 9.17) is 11.0 Å². The first-order chi connectivity index (χ1) is 8.56. The fraction of sp³-hybridized carbons (Fsp3) is 0.111. The van der Waals surface area contributed by atoms with Crippen molar-refractivity contribution in [3.63, 3.8) is 0 Å². The van der Waals surface area contributed by atoms with Crippen LogP contribution in [0.3, 0.4) is 0 Å². The number of non-ortho nitro benzene ring substituents is 1. The van der Waals surface area contributed by atoms with Crippen molar-refractivity contribution in [2.24, 2.45) is 5.73 Å². The third-order valence-corrected chi connectivity index (χ3v) is 2.35. The summed E-state index contributed by atoms with van der Waals surface area (Å²) in [6.45, 7) is 0. The first-order valence-electron chi connectivity index (χ1n) is 4.64. The number of carbonyl (C=O) groups is 1. The minimum Gasteiger partial charge on any atom is -0.368 e. The van der Waals surface area contributed by atoms with Crippen LogP contribution in [0.15, 0.2) is 16.8 Å². The molecule has 1 aromatic heterocycles. The Morgan fingerprint density at radius 3 is 2.63 bits per heavy atom. The van der Waals surface area contributed by atoms with Gasteiger partial charge in [0.2, 0.25) is 11.4 Å². The minimum atomic E-state index is -1.26. The molecule has 2 rings (SSSR count). The first-order valence-corrected chi connectivity index (χ1v) is 4.64. The molecule has 0 aliphatic heterocycles. The van der Waals surface area contributed by atoms with E-state index in [9.17, 15) is 14.9 Å². The van der Waals surface area contributed by atoms with Crippen LogP contribution in [0.1, 0.15) is 11.5 Å². The van der Waals surface area contributed by atoms with Gasteiger partial charge in [0.05, 0.1) is 11.0 Å². The summed E-state index contributed by atoms with van der Waals surface area (Å²) in [6.07, 6.45) is 0. The van der Waals surface area contributed by atoms with Crippen LogP contribution < -0.4 is 35.3 Å². The summed E-state index contributed by atoms with van der Waals surface area (Å²) in [5.74, 6) is -2.14. The summed E-state index contributed by atoms with van der Waals surface area (Å²) < 4.78 is 4.40. The molecular formula is C9H5N5NaO4+. The van der Waals surface area contributed by atoms with E-state index < -0.39 is 16.7 Å². The van der Waals surface area contributed by atoms with E-state index >= 15 is 0 Å². The molecule has 0 aliphatic rings. The van der Waals surface area contributed by atoms with Crippen LogP contribution in [0.2, 0.25) is 0 Å². The Balaban J connectivity index is 0.00000180. The molecule has 0 radical (unpaired) electrons. The van der Waals surface area contributed by atoms with Crippen LogP contribution in [0.4, 0.5) is 5.69 Å². The molecule has 19 heavy (non-hydrogen) atoms. The number of hydrogen-bond acceptors (Lipinski definition) is 7. The number of nitro groups is 1. The van der Waals surface area contributed by atoms with Gasteiger partial charge >= 0.3 is 35.2 Å². The van der Waals surface area contributed by atoms with Gasteiger partial charge in [0.15, 0.2) is 5.92 Å². The predicted molar refractivity (Wildman–Crippen MR) is 56.0 cm³/mol. The van der Waals surface area contributed by atoms with Crippen molar-refractivity contribution in [3.8, 4) is 6.07 Å². The molecular weight excluding hydrogens is 265 g/mol. The van der Waals surface area contributed by atoms with Crippen LogP contribution in [0.5, 0.6) is 0 Å². The van der Waals surface area contributed by atoms with Gasteiger partial charge in [-0.1, -0.05) is 0 Å². The molecule has 1 aromatic carbocycles. The number of carbonyl (C=O) groups excluding carboxylic acids is 1. The van der Waals surface area contributed by atoms with E-state index in [0.29, 0.717) is 0 Å². The Morgan fingerprint density at radius 2 is 2.11 bits per heavy atom. The van der Waals surface area contributed by atoms with E-state index in [1.165, 1.54) is 6.07 Å². The molecule has 1 heterocycles. The van der Waals surface area contributed by atoms with Crippen LogP contribution in [-0.2, 0) is 4.79 Å². The molecule has 0 bridgehead atoms. The second-order valence-corrected chi connectivity index (χ2v) is 3.36. The van der Waals surface area contributed by atoms with Gasteiger partial charge < -0.3 is 5.73 Å². The van der Waals surface area contributed by atoms with Crippen molar-refractivity contribution in [1.29, 1.82) is 5.26 Å². The topological polar surface area (TPSA) is 149 Å². The molecule has 0 fully saturated rings. The van der Waals surface area contributed by atoms with E-state index in [0.717, 1.165) is 6.07 Å². The molecule has 0 saturated carbocycles. The molecule has 0 aliphatic carbocycles. The third kappa shape index (κ3) is 2.55. The molecule has 10 heteroatoms. The Kier molecular flexibility index (Phi) is 4.55. The monoisotopic (exact) mass is 270 g/mol. The van der Waals surface area contributed by atoms with Gasteiger partial charge in [-0.3, -0.25) is 14.9 Å². The largest absolute Gasteiger partial charge is 1.00 e. The summed E-state index contributed by atoms with van der Waals surface area (Å²) in [6, 6.07) is 4.05. The number of nitriles is 1. The molecule has 1 atom stereocenters. The van der Waals surface area contributed by atoms with Crippen molar-refractivity contribution < 1.29 is 43.9 Å². The maximum Gasteiger partial charge on any atom is 1.00 e. The Morgan fingerprint density at radius 1 is 1.47 bits per heavy atom. The summed E-state index contributed by atoms with van der Waals surface area (Å²) in [5.41, 5.74) is 4.73. The number of aromatic nitrogens is 2. The van der Waals surface area contributed by atoms with Crippen LogP contribution in [-0.4, -0.2) is 21.1 Å². The number of amides is 1. The maximum atomic E-state index is 11.1. The smallest absolute Gasteiger partial charge is 0.368 e. The number of rotatable bonds is 3. The average molecular weight is 270 g/mol. The van der Waals surface area contributed by atoms with Gasteiger partial charge in [0.25, 0.3) is 0 Å². The fourth-order valence-corrected chi connectivity index (χ4v) is 1.54. The van der Waals surface area contributed by atoms with Crippen LogP contribution >= 0.6 is 0 Å². The number of benzene rings is 1. The maximum absolute atomic E-state index is 11.1. The zero-order valence-corrected chi connectivity index (χ0v) is 11.7. The molecule has 1 amide bonds. The number of nitrogens with zero attached hydrogens (tertiary/aromatic N) is 4. The van der Waals surface area contributed by atoms with E-state index in [1.807, 2.05) is 0 Å². The fourth-order valence-electron chi connectivity index (χ4n) is 1.54. The van der Waals surface area contributed by atoms with Crippen molar-refractivity contribution in [2.45, 2.75) is 5.92 Å². The van der Waals surface area contributed by atoms with E-state index in [-0.39, 0.29) is 51.8 Å². The molecule has 0 spiro atoms. The van der Waals surface area contributed by atoms with Gasteiger partial charge in [0.1, 0.15) is 5.52 Å². The normalized spacial score (nSPS) is 11.3. The van der Waals surface area contributed by atoms with Gasteiger partial charge in [-0.2, -0.15) is 5.26 Å². The number of nitro benzene ring substituents is 1. The molecule has 9 nitrogen and oxygen atoms in total. The molecule has 2 aromatic rings. The zero-order chi connectivity index (χ0) is 13.3. The van der Waals surface area contributed by atoms with Gasteiger partial charge in [-0.25, -0.2) is 4.63 Å². The Labute approximate surface area is 127 Å². The number of fused-ring (bicyclic) bond motifs is 1. The summed E-state index contributed by atoms with van der Waals surface area (Å²) in [5, 5.41) is 26.4. The second-order valence-electron chi connectivity index (χ2n) is 3.36.